The summed E-state index contributed by atoms with van der Waals surface area (Å²) in [5, 5.41) is 0. The molecule has 0 amide bonds. The van der Waals surface area contributed by atoms with E-state index in [0.717, 1.165) is 6.08 Å². The fraction of sp³-hybridized carbons (Fsp3) is 0. The Morgan fingerprint density at radius 3 is 2.58 bits per heavy atom. The Bertz CT molecular complexity index is 268. The smallest absolute Gasteiger partial charge is 0.445 e. The minimum absolute atomic E-state index is 0.247. The van der Waals surface area contributed by atoms with Gasteiger partial charge in [0.25, 0.3) is 0 Å². The first-order chi connectivity index (χ1) is 5.58. The molecular formula is C7H6BF3N-. The molecular weight excluding hydrogens is 166 g/mol. The predicted octanol–water partition coefficient (Wildman–Crippen LogP) is 2.48. The van der Waals surface area contributed by atoms with E-state index in [1.54, 1.807) is 12.1 Å². The van der Waals surface area contributed by atoms with Crippen LogP contribution in [0.4, 0.5) is 12.9 Å². The Morgan fingerprint density at radius 1 is 1.33 bits per heavy atom. The van der Waals surface area contributed by atoms with E-state index in [9.17, 15) is 12.9 Å². The number of hydrogen-bond acceptors (Lipinski definition) is 1. The van der Waals surface area contributed by atoms with Gasteiger partial charge in [-0.2, -0.15) is 0 Å². The van der Waals surface area contributed by atoms with Gasteiger partial charge in [0.05, 0.1) is 0 Å². The molecule has 1 aromatic heterocycles. The zero-order valence-electron chi connectivity index (χ0n) is 6.12. The van der Waals surface area contributed by atoms with Gasteiger partial charge in [-0.25, -0.2) is 0 Å². The number of hydrogen-bond donors (Lipinski definition) is 0. The molecule has 1 nitrogen and oxygen atoms in total. The summed E-state index contributed by atoms with van der Waals surface area (Å²) in [5.41, 5.74) is 0.455. The van der Waals surface area contributed by atoms with Crippen molar-refractivity contribution in [2.75, 3.05) is 0 Å². The molecule has 0 aliphatic carbocycles. The Balaban J connectivity index is 2.71. The molecule has 0 unspecified atom stereocenters. The highest BCUT2D eigenvalue weighted by Gasteiger charge is 2.16. The fourth-order valence-corrected chi connectivity index (χ4v) is 0.695. The number of rotatable bonds is 2. The Morgan fingerprint density at radius 2 is 2.08 bits per heavy atom. The summed E-state index contributed by atoms with van der Waals surface area (Å²) >= 11 is 0. The van der Waals surface area contributed by atoms with Gasteiger partial charge in [-0.3, -0.25) is 4.98 Å². The second-order valence-electron chi connectivity index (χ2n) is 2.27. The first-order valence-electron chi connectivity index (χ1n) is 3.37. The molecule has 0 saturated carbocycles. The Kier molecular flexibility index (Phi) is 2.52. The second kappa shape index (κ2) is 3.43. The summed E-state index contributed by atoms with van der Waals surface area (Å²) in [6.45, 7) is -4.84. The molecule has 0 saturated heterocycles. The van der Waals surface area contributed by atoms with E-state index in [0.29, 0.717) is 5.56 Å². The summed E-state index contributed by atoms with van der Waals surface area (Å²) in [7, 11) is 0. The second-order valence-corrected chi connectivity index (χ2v) is 2.27. The van der Waals surface area contributed by atoms with Crippen LogP contribution in [0.25, 0.3) is 6.08 Å². The molecule has 0 aliphatic heterocycles. The number of pyridine rings is 1. The van der Waals surface area contributed by atoms with Crippen LogP contribution in [0.5, 0.6) is 0 Å². The summed E-state index contributed by atoms with van der Waals surface area (Å²) < 4.78 is 35.1. The van der Waals surface area contributed by atoms with E-state index in [1.165, 1.54) is 12.4 Å². The van der Waals surface area contributed by atoms with E-state index < -0.39 is 6.98 Å². The molecule has 5 heteroatoms. The van der Waals surface area contributed by atoms with Gasteiger partial charge in [0.15, 0.2) is 0 Å². The molecule has 0 bridgehead atoms. The van der Waals surface area contributed by atoms with Gasteiger partial charge >= 0.3 is 6.98 Å². The van der Waals surface area contributed by atoms with Gasteiger partial charge in [0.2, 0.25) is 0 Å². The molecule has 1 heterocycles. The van der Waals surface area contributed by atoms with Crippen LogP contribution in [0, 0.1) is 0 Å². The van der Waals surface area contributed by atoms with Gasteiger partial charge in [-0.1, -0.05) is 12.1 Å². The quantitative estimate of drug-likeness (QED) is 0.624. The van der Waals surface area contributed by atoms with Crippen LogP contribution >= 0.6 is 0 Å². The van der Waals surface area contributed by atoms with Gasteiger partial charge in [-0.15, -0.1) is 5.98 Å². The van der Waals surface area contributed by atoms with Crippen molar-refractivity contribution in [2.45, 2.75) is 0 Å². The topological polar surface area (TPSA) is 12.9 Å². The summed E-state index contributed by atoms with van der Waals surface area (Å²) in [5.74, 6) is 0.247. The van der Waals surface area contributed by atoms with Gasteiger partial charge < -0.3 is 12.9 Å². The van der Waals surface area contributed by atoms with Crippen LogP contribution < -0.4 is 0 Å². The lowest BCUT2D eigenvalue weighted by molar-refractivity contribution is 0.499. The zero-order valence-corrected chi connectivity index (χ0v) is 6.12. The lowest BCUT2D eigenvalue weighted by Crippen LogP contribution is -2.09. The van der Waals surface area contributed by atoms with Crippen LogP contribution in [0.2, 0.25) is 0 Å². The van der Waals surface area contributed by atoms with Crippen molar-refractivity contribution < 1.29 is 12.9 Å². The maximum absolute atomic E-state index is 11.7. The first-order valence-corrected chi connectivity index (χ1v) is 3.37. The predicted molar refractivity (Wildman–Crippen MR) is 42.3 cm³/mol. The molecule has 64 valence electrons. The molecule has 0 aromatic carbocycles. The lowest BCUT2D eigenvalue weighted by atomic mass is 9.91. The van der Waals surface area contributed by atoms with Crippen molar-refractivity contribution in [3.05, 3.63) is 36.1 Å². The molecule has 12 heavy (non-hydrogen) atoms. The van der Waals surface area contributed by atoms with Crippen LogP contribution in [0.3, 0.4) is 0 Å². The van der Waals surface area contributed by atoms with E-state index in [4.69, 9.17) is 0 Å². The summed E-state index contributed by atoms with van der Waals surface area (Å²) in [6, 6.07) is 3.15. The monoisotopic (exact) mass is 172 g/mol. The molecule has 0 spiro atoms. The van der Waals surface area contributed by atoms with Crippen LogP contribution in [0.15, 0.2) is 30.5 Å². The van der Waals surface area contributed by atoms with Gasteiger partial charge in [0.1, 0.15) is 0 Å². The average molecular weight is 172 g/mol. The van der Waals surface area contributed by atoms with Crippen molar-refractivity contribution in [3.63, 3.8) is 0 Å². The van der Waals surface area contributed by atoms with Crippen molar-refractivity contribution in [1.82, 2.24) is 4.98 Å². The summed E-state index contributed by atoms with van der Waals surface area (Å²) in [6.07, 6.45) is 3.89. The van der Waals surface area contributed by atoms with Gasteiger partial charge in [0, 0.05) is 12.4 Å². The molecule has 0 fully saturated rings. The van der Waals surface area contributed by atoms with Crippen molar-refractivity contribution in [1.29, 1.82) is 0 Å². The number of halogens is 3. The van der Waals surface area contributed by atoms with E-state index in [1.807, 2.05) is 0 Å². The third kappa shape index (κ3) is 3.23. The minimum atomic E-state index is -4.84. The average Bonchev–Trinajstić information content (AvgIpc) is 2.02. The molecule has 1 aromatic rings. The highest BCUT2D eigenvalue weighted by atomic mass is 19.4. The molecule has 0 N–H and O–H groups in total. The highest BCUT2D eigenvalue weighted by molar-refractivity contribution is 6.64. The first kappa shape index (κ1) is 8.84. The van der Waals surface area contributed by atoms with E-state index in [2.05, 4.69) is 4.98 Å². The van der Waals surface area contributed by atoms with Gasteiger partial charge in [-0.05, 0) is 11.6 Å². The van der Waals surface area contributed by atoms with Crippen molar-refractivity contribution in [2.24, 2.45) is 0 Å². The standard InChI is InChI=1S/C7H6BF3N/c9-8(10,11)4-3-7-2-1-5-12-6-7/h1-6H/q-1/b4-3+. The number of aromatic nitrogens is 1. The number of nitrogens with zero attached hydrogens (tertiary/aromatic N) is 1. The lowest BCUT2D eigenvalue weighted by Gasteiger charge is -2.05. The SMILES string of the molecule is F[B-](F)(F)/C=C/c1cccnc1. The molecule has 0 atom stereocenters. The van der Waals surface area contributed by atoms with E-state index >= 15 is 0 Å². The maximum Gasteiger partial charge on any atom is 0.502 e. The largest absolute Gasteiger partial charge is 0.502 e. The molecule has 0 radical (unpaired) electrons. The maximum atomic E-state index is 11.7. The van der Waals surface area contributed by atoms with Crippen LogP contribution in [0.1, 0.15) is 5.56 Å². The minimum Gasteiger partial charge on any atom is -0.445 e. The molecule has 1 rings (SSSR count). The van der Waals surface area contributed by atoms with Crippen LogP contribution in [-0.4, -0.2) is 12.0 Å². The Hall–Kier alpha value is -1.26. The third-order valence-corrected chi connectivity index (χ3v) is 1.19. The normalized spacial score (nSPS) is 12.2. The fourth-order valence-electron chi connectivity index (χ4n) is 0.695. The van der Waals surface area contributed by atoms with Crippen LogP contribution in [-0.2, 0) is 0 Å². The Labute approximate surface area is 68.0 Å². The highest BCUT2D eigenvalue weighted by Crippen LogP contribution is 2.11. The van der Waals surface area contributed by atoms with E-state index in [-0.39, 0.29) is 5.98 Å². The third-order valence-electron chi connectivity index (χ3n) is 1.19. The summed E-state index contributed by atoms with van der Waals surface area (Å²) in [4.78, 5) is 3.67. The zero-order chi connectivity index (χ0) is 9.03. The van der Waals surface area contributed by atoms with Crippen molar-refractivity contribution >= 4 is 13.1 Å². The molecule has 0 aliphatic rings. The van der Waals surface area contributed by atoms with Crippen molar-refractivity contribution in [3.8, 4) is 0 Å².